The van der Waals surface area contributed by atoms with Crippen molar-refractivity contribution < 1.29 is 19.1 Å². The van der Waals surface area contributed by atoms with Gasteiger partial charge in [-0.2, -0.15) is 0 Å². The third-order valence-corrected chi connectivity index (χ3v) is 5.26. The quantitative estimate of drug-likeness (QED) is 0.785. The molecule has 22 heavy (non-hydrogen) atoms. The van der Waals surface area contributed by atoms with Crippen molar-refractivity contribution in [2.75, 3.05) is 20.0 Å². The van der Waals surface area contributed by atoms with Gasteiger partial charge in [-0.1, -0.05) is 30.8 Å². The second kappa shape index (κ2) is 7.60. The molecular weight excluding hydrogens is 322 g/mol. The number of nitrogens with zero attached hydrogens (tertiary/aromatic N) is 1. The molecule has 0 aliphatic carbocycles. The van der Waals surface area contributed by atoms with E-state index in [1.165, 1.54) is 37.3 Å². The number of esters is 2. The van der Waals surface area contributed by atoms with Crippen molar-refractivity contribution in [1.82, 2.24) is 0 Å². The monoisotopic (exact) mass is 339 g/mol. The lowest BCUT2D eigenvalue weighted by molar-refractivity contribution is -0.137. The number of thioether (sulfide) groups is 1. The number of fused-ring (bicyclic) bond motifs is 1. The molecule has 0 saturated carbocycles. The molecule has 0 radical (unpaired) electrons. The molecule has 118 valence electrons. The van der Waals surface area contributed by atoms with E-state index in [0.717, 1.165) is 22.0 Å². The molecule has 7 heteroatoms. The lowest BCUT2D eigenvalue weighted by Gasteiger charge is -2.11. The van der Waals surface area contributed by atoms with Crippen LogP contribution in [0.5, 0.6) is 0 Å². The van der Waals surface area contributed by atoms with Gasteiger partial charge in [-0.25, -0.2) is 9.79 Å². The first-order valence-electron chi connectivity index (χ1n) is 6.77. The molecule has 0 saturated heterocycles. The maximum atomic E-state index is 11.6. The molecule has 1 aliphatic heterocycles. The molecule has 0 N–H and O–H groups in total. The highest BCUT2D eigenvalue weighted by Gasteiger charge is 2.20. The normalized spacial score (nSPS) is 16.5. The Morgan fingerprint density at radius 1 is 1.36 bits per heavy atom. The van der Waals surface area contributed by atoms with Crippen molar-refractivity contribution in [2.24, 2.45) is 10.9 Å². The zero-order valence-corrected chi connectivity index (χ0v) is 14.3. The Kier molecular flexibility index (Phi) is 5.79. The molecule has 1 aliphatic rings. The van der Waals surface area contributed by atoms with Crippen LogP contribution in [0.1, 0.15) is 28.6 Å². The SMILES string of the molecule is CCC1C=Cc2cc(C(=O)OC)sc2N=C1SCC(=O)OC. The summed E-state index contributed by atoms with van der Waals surface area (Å²) in [5.74, 6) is -0.254. The molecular formula is C15H17NO4S2. The average Bonchev–Trinajstić information content (AvgIpc) is 2.86. The van der Waals surface area contributed by atoms with Crippen molar-refractivity contribution in [3.8, 4) is 0 Å². The zero-order chi connectivity index (χ0) is 16.1. The van der Waals surface area contributed by atoms with Crippen molar-refractivity contribution in [3.05, 3.63) is 22.6 Å². The summed E-state index contributed by atoms with van der Waals surface area (Å²) in [5.41, 5.74) is 0.900. The van der Waals surface area contributed by atoms with E-state index >= 15 is 0 Å². The van der Waals surface area contributed by atoms with Gasteiger partial charge in [-0.3, -0.25) is 4.79 Å². The molecule has 0 fully saturated rings. The minimum absolute atomic E-state index is 0.163. The van der Waals surface area contributed by atoms with Crippen LogP contribution in [0.3, 0.4) is 0 Å². The van der Waals surface area contributed by atoms with Crippen molar-refractivity contribution in [1.29, 1.82) is 0 Å². The van der Waals surface area contributed by atoms with E-state index in [2.05, 4.69) is 22.7 Å². The molecule has 1 atom stereocenters. The van der Waals surface area contributed by atoms with E-state index in [0.29, 0.717) is 4.88 Å². The molecule has 1 aromatic rings. The Hall–Kier alpha value is -1.60. The summed E-state index contributed by atoms with van der Waals surface area (Å²) in [6, 6.07) is 1.78. The summed E-state index contributed by atoms with van der Waals surface area (Å²) in [6.07, 6.45) is 4.92. The van der Waals surface area contributed by atoms with Gasteiger partial charge >= 0.3 is 11.9 Å². The van der Waals surface area contributed by atoms with Crippen molar-refractivity contribution >= 4 is 51.2 Å². The van der Waals surface area contributed by atoms with Crippen molar-refractivity contribution in [3.63, 3.8) is 0 Å². The number of methoxy groups -OCH3 is 2. The van der Waals surface area contributed by atoms with Crippen molar-refractivity contribution in [2.45, 2.75) is 13.3 Å². The number of carbonyl (C=O) groups excluding carboxylic acids is 2. The summed E-state index contributed by atoms with van der Waals surface area (Å²) >= 11 is 2.67. The summed E-state index contributed by atoms with van der Waals surface area (Å²) in [4.78, 5) is 28.1. The number of thiophene rings is 1. The fourth-order valence-electron chi connectivity index (χ4n) is 1.93. The average molecular weight is 339 g/mol. The first-order valence-corrected chi connectivity index (χ1v) is 8.57. The molecule has 0 amide bonds. The number of ether oxygens (including phenoxy) is 2. The highest BCUT2D eigenvalue weighted by molar-refractivity contribution is 8.14. The zero-order valence-electron chi connectivity index (χ0n) is 12.6. The van der Waals surface area contributed by atoms with Crippen LogP contribution in [0.25, 0.3) is 6.08 Å². The van der Waals surface area contributed by atoms with Crippen LogP contribution in [0.2, 0.25) is 0 Å². The molecule has 1 unspecified atom stereocenters. The Morgan fingerprint density at radius 2 is 2.14 bits per heavy atom. The molecule has 1 aromatic heterocycles. The van der Waals surface area contributed by atoms with Gasteiger partial charge in [-0.05, 0) is 12.5 Å². The summed E-state index contributed by atoms with van der Waals surface area (Å²) < 4.78 is 9.41. The van der Waals surface area contributed by atoms with Gasteiger partial charge in [0.25, 0.3) is 0 Å². The topological polar surface area (TPSA) is 65.0 Å². The lowest BCUT2D eigenvalue weighted by atomic mass is 10.1. The molecule has 0 aromatic carbocycles. The second-order valence-electron chi connectivity index (χ2n) is 4.55. The van der Waals surface area contributed by atoms with Crippen LogP contribution >= 0.6 is 23.1 Å². The highest BCUT2D eigenvalue weighted by atomic mass is 32.2. The minimum Gasteiger partial charge on any atom is -0.468 e. The van der Waals surface area contributed by atoms with Crippen LogP contribution in [0.4, 0.5) is 5.00 Å². The van der Waals surface area contributed by atoms with Gasteiger partial charge in [0, 0.05) is 11.5 Å². The van der Waals surface area contributed by atoms with Gasteiger partial charge in [0.1, 0.15) is 9.88 Å². The first kappa shape index (κ1) is 16.8. The number of allylic oxidation sites excluding steroid dienone is 1. The van der Waals surface area contributed by atoms with E-state index in [1.54, 1.807) is 6.07 Å². The Labute approximate surface area is 137 Å². The largest absolute Gasteiger partial charge is 0.468 e. The number of hydrogen-bond donors (Lipinski definition) is 0. The maximum Gasteiger partial charge on any atom is 0.348 e. The Morgan fingerprint density at radius 3 is 2.77 bits per heavy atom. The van der Waals surface area contributed by atoms with Crippen LogP contribution in [-0.2, 0) is 14.3 Å². The van der Waals surface area contributed by atoms with Gasteiger partial charge in [0.05, 0.1) is 25.0 Å². The molecule has 5 nitrogen and oxygen atoms in total. The van der Waals surface area contributed by atoms with Crippen LogP contribution < -0.4 is 0 Å². The predicted octanol–water partition coefficient (Wildman–Crippen LogP) is 3.52. The maximum absolute atomic E-state index is 11.6. The summed E-state index contributed by atoms with van der Waals surface area (Å²) in [7, 11) is 2.73. The molecule has 0 bridgehead atoms. The van der Waals surface area contributed by atoms with Gasteiger partial charge in [-0.15, -0.1) is 11.3 Å². The van der Waals surface area contributed by atoms with Gasteiger partial charge < -0.3 is 9.47 Å². The number of aliphatic imine (C=N–C) groups is 1. The predicted molar refractivity (Wildman–Crippen MR) is 90.0 cm³/mol. The third-order valence-electron chi connectivity index (χ3n) is 3.17. The number of hydrogen-bond acceptors (Lipinski definition) is 7. The van der Waals surface area contributed by atoms with Gasteiger partial charge in [0.15, 0.2) is 0 Å². The summed E-state index contributed by atoms with van der Waals surface area (Å²) in [6.45, 7) is 2.07. The van der Waals surface area contributed by atoms with Crippen LogP contribution in [0.15, 0.2) is 17.1 Å². The third kappa shape index (κ3) is 3.78. The smallest absolute Gasteiger partial charge is 0.348 e. The number of carbonyl (C=O) groups is 2. The lowest BCUT2D eigenvalue weighted by Crippen LogP contribution is -2.11. The van der Waals surface area contributed by atoms with Gasteiger partial charge in [0.2, 0.25) is 0 Å². The fourth-order valence-corrected chi connectivity index (χ4v) is 3.94. The minimum atomic E-state index is -0.363. The number of rotatable bonds is 4. The van der Waals surface area contributed by atoms with E-state index in [4.69, 9.17) is 4.74 Å². The standard InChI is InChI=1S/C15H17NO4S2/c1-4-9-5-6-10-7-11(15(18)20-3)22-14(10)16-13(9)21-8-12(17)19-2/h5-7,9H,4,8H2,1-3H3. The van der Waals surface area contributed by atoms with E-state index in [9.17, 15) is 9.59 Å². The highest BCUT2D eigenvalue weighted by Crippen LogP contribution is 2.37. The molecule has 2 rings (SSSR count). The van der Waals surface area contributed by atoms with Crippen LogP contribution in [0, 0.1) is 5.92 Å². The Balaban J connectivity index is 2.29. The Bertz CT molecular complexity index is 633. The first-order chi connectivity index (χ1) is 10.6. The van der Waals surface area contributed by atoms with Crippen LogP contribution in [-0.4, -0.2) is 37.0 Å². The molecule has 0 spiro atoms. The second-order valence-corrected chi connectivity index (χ2v) is 6.58. The van der Waals surface area contributed by atoms with E-state index in [-0.39, 0.29) is 23.6 Å². The van der Waals surface area contributed by atoms with E-state index in [1.807, 2.05) is 6.08 Å². The summed E-state index contributed by atoms with van der Waals surface area (Å²) in [5, 5.41) is 1.63. The molecule has 2 heterocycles. The van der Waals surface area contributed by atoms with E-state index < -0.39 is 0 Å². The fraction of sp³-hybridized carbons (Fsp3) is 0.400.